The van der Waals surface area contributed by atoms with E-state index in [4.69, 9.17) is 4.74 Å². The average molecular weight is 474 g/mol. The Labute approximate surface area is 167 Å². The molecule has 0 bridgehead atoms. The maximum atomic E-state index is 13.1. The van der Waals surface area contributed by atoms with E-state index in [0.29, 0.717) is 12.2 Å². The number of ether oxygens (including phenoxy) is 1. The molecule has 0 atom stereocenters. The Balaban J connectivity index is 1.75. The minimum absolute atomic E-state index is 0.0990. The number of methoxy groups -OCH3 is 1. The third-order valence-electron chi connectivity index (χ3n) is 3.77. The van der Waals surface area contributed by atoms with Crippen LogP contribution in [0.4, 0.5) is 0 Å². The summed E-state index contributed by atoms with van der Waals surface area (Å²) in [4.78, 5) is 13.1. The van der Waals surface area contributed by atoms with Gasteiger partial charge in [-0.3, -0.25) is 0 Å². The molecule has 0 aliphatic heterocycles. The summed E-state index contributed by atoms with van der Waals surface area (Å²) in [6.07, 6.45) is 0.484. The van der Waals surface area contributed by atoms with Crippen molar-refractivity contribution in [3.05, 3.63) is 90.5 Å². The molecule has 0 heterocycles. The second kappa shape index (κ2) is 9.75. The Bertz CT molecular complexity index is 776. The first-order chi connectivity index (χ1) is 12.7. The number of Topliss-reactive ketones (excluding diaryl/α,β-unsaturated/α-hetero) is 1. The van der Waals surface area contributed by atoms with Gasteiger partial charge in [-0.25, -0.2) is 0 Å². The van der Waals surface area contributed by atoms with Crippen LogP contribution in [0, 0.1) is 0 Å². The molecule has 3 rings (SSSR count). The predicted molar refractivity (Wildman–Crippen MR) is 109 cm³/mol. The first kappa shape index (κ1) is 18.9. The van der Waals surface area contributed by atoms with Crippen LogP contribution in [-0.4, -0.2) is 42.8 Å². The van der Waals surface area contributed by atoms with Gasteiger partial charge in [0.1, 0.15) is 0 Å². The Morgan fingerprint density at radius 2 is 1.31 bits per heavy atom. The van der Waals surface area contributed by atoms with Crippen molar-refractivity contribution in [3.8, 4) is 5.75 Å². The van der Waals surface area contributed by atoms with Gasteiger partial charge < -0.3 is 0 Å². The van der Waals surface area contributed by atoms with Gasteiger partial charge in [0.05, 0.1) is 0 Å². The summed E-state index contributed by atoms with van der Waals surface area (Å²) in [7, 11) is 1.65. The van der Waals surface area contributed by atoms with Crippen LogP contribution in [-0.2, 0) is 11.2 Å². The molecule has 0 unspecified atom stereocenters. The van der Waals surface area contributed by atoms with Crippen molar-refractivity contribution in [2.75, 3.05) is 7.11 Å². The zero-order valence-electron chi connectivity index (χ0n) is 14.5. The molecular weight excluding hydrogens is 454 g/mol. The molecule has 0 aliphatic rings. The number of hydrogen-bond acceptors (Lipinski definition) is 2. The fourth-order valence-corrected chi connectivity index (χ4v) is 8.73. The molecule has 0 amide bonds. The molecule has 0 radical (unpaired) electrons. The molecule has 3 aromatic rings. The van der Waals surface area contributed by atoms with E-state index in [1.54, 1.807) is 7.11 Å². The van der Waals surface area contributed by atoms with Gasteiger partial charge in [-0.05, 0) is 0 Å². The van der Waals surface area contributed by atoms with Crippen LogP contribution in [0.1, 0.15) is 5.56 Å². The molecule has 0 fully saturated rings. The van der Waals surface area contributed by atoms with Crippen molar-refractivity contribution in [2.45, 2.75) is 10.1 Å². The molecule has 0 saturated heterocycles. The quantitative estimate of drug-likeness (QED) is 0.470. The number of rotatable bonds is 8. The Kier molecular flexibility index (Phi) is 7.11. The van der Waals surface area contributed by atoms with Gasteiger partial charge in [0.15, 0.2) is 0 Å². The van der Waals surface area contributed by atoms with Crippen molar-refractivity contribution in [1.82, 2.24) is 0 Å². The van der Waals surface area contributed by atoms with Crippen LogP contribution in [0.2, 0.25) is 3.71 Å². The third-order valence-corrected chi connectivity index (χ3v) is 10.2. The number of benzene rings is 3. The SMILES string of the molecule is COc1ccc(CC(=O)C([Se]c2ccccc2)[Se]c2ccccc2)cc1. The molecular formula is C22H20O2Se2. The van der Waals surface area contributed by atoms with Gasteiger partial charge in [-0.2, -0.15) is 0 Å². The normalized spacial score (nSPS) is 10.7. The molecule has 26 heavy (non-hydrogen) atoms. The van der Waals surface area contributed by atoms with Crippen LogP contribution in [0.15, 0.2) is 84.9 Å². The second-order valence-electron chi connectivity index (χ2n) is 5.68. The van der Waals surface area contributed by atoms with Crippen molar-refractivity contribution in [1.29, 1.82) is 0 Å². The summed E-state index contributed by atoms with van der Waals surface area (Å²) in [6, 6.07) is 28.6. The van der Waals surface area contributed by atoms with Crippen LogP contribution in [0.3, 0.4) is 0 Å². The van der Waals surface area contributed by atoms with Crippen molar-refractivity contribution in [3.63, 3.8) is 0 Å². The zero-order chi connectivity index (χ0) is 18.2. The van der Waals surface area contributed by atoms with E-state index in [1.165, 1.54) is 8.92 Å². The summed E-state index contributed by atoms with van der Waals surface area (Å²) < 4.78 is 7.87. The van der Waals surface area contributed by atoms with Crippen LogP contribution in [0.5, 0.6) is 5.75 Å². The van der Waals surface area contributed by atoms with E-state index in [9.17, 15) is 4.79 Å². The number of ketones is 1. The maximum absolute atomic E-state index is 13.1. The second-order valence-corrected chi connectivity index (χ2v) is 12.1. The fourth-order valence-electron chi connectivity index (χ4n) is 2.43. The third kappa shape index (κ3) is 5.59. The Hall–Kier alpha value is -1.83. The van der Waals surface area contributed by atoms with E-state index in [-0.39, 0.29) is 33.6 Å². The molecule has 0 aromatic heterocycles. The number of carbonyl (C=O) groups is 1. The predicted octanol–water partition coefficient (Wildman–Crippen LogP) is 2.61. The standard InChI is InChI=1S/C22H20O2Se2/c1-24-18-14-12-17(13-15-18)16-21(23)22(25-19-8-4-2-5-9-19)26-20-10-6-3-7-11-20/h2-15,22H,16H2,1H3. The summed E-state index contributed by atoms with van der Waals surface area (Å²) in [6.45, 7) is 0. The monoisotopic (exact) mass is 476 g/mol. The topological polar surface area (TPSA) is 26.3 Å². The summed E-state index contributed by atoms with van der Waals surface area (Å²) in [5.74, 6) is 1.16. The first-order valence-electron chi connectivity index (χ1n) is 8.33. The zero-order valence-corrected chi connectivity index (χ0v) is 17.9. The summed E-state index contributed by atoms with van der Waals surface area (Å²) >= 11 is 0.279. The van der Waals surface area contributed by atoms with Crippen molar-refractivity contribution >= 4 is 44.6 Å². The molecule has 0 N–H and O–H groups in total. The van der Waals surface area contributed by atoms with Gasteiger partial charge >= 0.3 is 168 Å². The summed E-state index contributed by atoms with van der Waals surface area (Å²) in [5, 5.41) is 0. The molecule has 2 nitrogen and oxygen atoms in total. The molecule has 4 heteroatoms. The van der Waals surface area contributed by atoms with E-state index in [2.05, 4.69) is 48.5 Å². The van der Waals surface area contributed by atoms with Gasteiger partial charge in [0, 0.05) is 0 Å². The van der Waals surface area contributed by atoms with Gasteiger partial charge in [0.2, 0.25) is 0 Å². The van der Waals surface area contributed by atoms with E-state index in [0.717, 1.165) is 11.3 Å². The molecule has 3 aromatic carbocycles. The van der Waals surface area contributed by atoms with Crippen LogP contribution >= 0.6 is 0 Å². The summed E-state index contributed by atoms with van der Waals surface area (Å²) in [5.41, 5.74) is 1.05. The van der Waals surface area contributed by atoms with Gasteiger partial charge in [-0.1, -0.05) is 0 Å². The Morgan fingerprint density at radius 3 is 1.77 bits per heavy atom. The van der Waals surface area contributed by atoms with Gasteiger partial charge in [0.25, 0.3) is 0 Å². The average Bonchev–Trinajstić information content (AvgIpc) is 2.69. The van der Waals surface area contributed by atoms with E-state index in [1.807, 2.05) is 36.4 Å². The van der Waals surface area contributed by atoms with Gasteiger partial charge in [-0.15, -0.1) is 0 Å². The Morgan fingerprint density at radius 1 is 0.808 bits per heavy atom. The molecule has 0 saturated carbocycles. The molecule has 0 spiro atoms. The van der Waals surface area contributed by atoms with E-state index >= 15 is 0 Å². The van der Waals surface area contributed by atoms with Crippen LogP contribution in [0.25, 0.3) is 0 Å². The molecule has 132 valence electrons. The van der Waals surface area contributed by atoms with Crippen molar-refractivity contribution in [2.24, 2.45) is 0 Å². The van der Waals surface area contributed by atoms with E-state index < -0.39 is 0 Å². The van der Waals surface area contributed by atoms with Crippen molar-refractivity contribution < 1.29 is 9.53 Å². The molecule has 0 aliphatic carbocycles. The fraction of sp³-hybridized carbons (Fsp3) is 0.136. The first-order valence-corrected chi connectivity index (χ1v) is 12.0. The number of hydrogen-bond donors (Lipinski definition) is 0. The number of carbonyl (C=O) groups excluding carboxylic acids is 1. The van der Waals surface area contributed by atoms with Crippen LogP contribution < -0.4 is 13.7 Å². The minimum atomic E-state index is 0.0990.